The van der Waals surface area contributed by atoms with E-state index in [0.717, 1.165) is 27.4 Å². The number of benzene rings is 1. The second kappa shape index (κ2) is 5.22. The van der Waals surface area contributed by atoms with Crippen LogP contribution in [0.4, 0.5) is 5.69 Å². The van der Waals surface area contributed by atoms with Crippen LogP contribution in [0.5, 0.6) is 0 Å². The van der Waals surface area contributed by atoms with Crippen LogP contribution in [0.15, 0.2) is 28.9 Å². The molecule has 0 spiro atoms. The quantitative estimate of drug-likeness (QED) is 0.742. The molecule has 3 rings (SSSR count). The normalized spacial score (nSPS) is 11.2. The highest BCUT2D eigenvalue weighted by Crippen LogP contribution is 2.25. The predicted octanol–water partition coefficient (Wildman–Crippen LogP) is 4.70. The molecule has 5 heteroatoms. The van der Waals surface area contributed by atoms with Gasteiger partial charge in [0.1, 0.15) is 0 Å². The van der Waals surface area contributed by atoms with Crippen LogP contribution < -0.4 is 5.32 Å². The van der Waals surface area contributed by atoms with Gasteiger partial charge in [0, 0.05) is 21.2 Å². The van der Waals surface area contributed by atoms with E-state index < -0.39 is 0 Å². The van der Waals surface area contributed by atoms with E-state index in [-0.39, 0.29) is 0 Å². The van der Waals surface area contributed by atoms with E-state index >= 15 is 0 Å². The van der Waals surface area contributed by atoms with Crippen LogP contribution in [-0.2, 0) is 6.54 Å². The highest BCUT2D eigenvalue weighted by Gasteiger charge is 2.11. The number of halogens is 1. The van der Waals surface area contributed by atoms with Gasteiger partial charge >= 0.3 is 0 Å². The zero-order chi connectivity index (χ0) is 14.3. The minimum Gasteiger partial charge on any atom is -0.379 e. The molecule has 0 radical (unpaired) electrons. The monoisotopic (exact) mass is 349 g/mol. The summed E-state index contributed by atoms with van der Waals surface area (Å²) < 4.78 is 3.32. The maximum absolute atomic E-state index is 4.62. The van der Waals surface area contributed by atoms with Crippen molar-refractivity contribution in [3.05, 3.63) is 50.7 Å². The van der Waals surface area contributed by atoms with Gasteiger partial charge in [0.25, 0.3) is 0 Å². The highest BCUT2D eigenvalue weighted by atomic mass is 79.9. The van der Waals surface area contributed by atoms with Gasteiger partial charge in [0.15, 0.2) is 4.96 Å². The minimum absolute atomic E-state index is 0.778. The minimum atomic E-state index is 0.778. The van der Waals surface area contributed by atoms with Gasteiger partial charge in [0.2, 0.25) is 0 Å². The number of rotatable bonds is 3. The molecule has 0 aliphatic rings. The van der Waals surface area contributed by atoms with Crippen molar-refractivity contribution < 1.29 is 0 Å². The predicted molar refractivity (Wildman–Crippen MR) is 88.7 cm³/mol. The molecule has 1 aromatic carbocycles. The molecule has 1 N–H and O–H groups in total. The number of nitrogens with zero attached hydrogens (tertiary/aromatic N) is 2. The third-order valence-electron chi connectivity index (χ3n) is 3.46. The lowest BCUT2D eigenvalue weighted by Crippen LogP contribution is -2.04. The number of aryl methyl sites for hydroxylation is 2. The molecule has 0 amide bonds. The van der Waals surface area contributed by atoms with Crippen LogP contribution in [0.3, 0.4) is 0 Å². The molecule has 3 nitrogen and oxygen atoms in total. The Morgan fingerprint density at radius 3 is 2.90 bits per heavy atom. The lowest BCUT2D eigenvalue weighted by atomic mass is 10.2. The summed E-state index contributed by atoms with van der Waals surface area (Å²) in [5.41, 5.74) is 4.70. The Bertz CT molecular complexity index is 773. The van der Waals surface area contributed by atoms with Crippen molar-refractivity contribution in [3.63, 3.8) is 0 Å². The Morgan fingerprint density at radius 1 is 1.30 bits per heavy atom. The molecule has 2 heterocycles. The summed E-state index contributed by atoms with van der Waals surface area (Å²) in [7, 11) is 0. The van der Waals surface area contributed by atoms with Crippen LogP contribution in [0, 0.1) is 20.8 Å². The molecule has 0 bridgehead atoms. The van der Waals surface area contributed by atoms with Crippen molar-refractivity contribution in [2.75, 3.05) is 5.32 Å². The Kier molecular flexibility index (Phi) is 3.56. The molecule has 3 aromatic rings. The van der Waals surface area contributed by atoms with Crippen molar-refractivity contribution >= 4 is 37.9 Å². The van der Waals surface area contributed by atoms with Gasteiger partial charge in [-0.15, -0.1) is 11.3 Å². The summed E-state index contributed by atoms with van der Waals surface area (Å²) in [6.07, 6.45) is 2.16. The Hall–Kier alpha value is -1.33. The number of imidazole rings is 1. The van der Waals surface area contributed by atoms with Gasteiger partial charge in [-0.05, 0) is 38.5 Å². The average Bonchev–Trinajstić information content (AvgIpc) is 2.87. The van der Waals surface area contributed by atoms with Gasteiger partial charge in [-0.1, -0.05) is 22.0 Å². The summed E-state index contributed by atoms with van der Waals surface area (Å²) in [5, 5.41) is 3.51. The summed E-state index contributed by atoms with van der Waals surface area (Å²) in [4.78, 5) is 6.98. The van der Waals surface area contributed by atoms with Gasteiger partial charge in [-0.3, -0.25) is 4.40 Å². The van der Waals surface area contributed by atoms with Crippen LogP contribution in [0.1, 0.15) is 21.8 Å². The van der Waals surface area contributed by atoms with Crippen LogP contribution in [0.2, 0.25) is 0 Å². The molecular weight excluding hydrogens is 334 g/mol. The molecule has 0 saturated heterocycles. The van der Waals surface area contributed by atoms with Crippen molar-refractivity contribution in [1.82, 2.24) is 9.38 Å². The number of aromatic nitrogens is 2. The summed E-state index contributed by atoms with van der Waals surface area (Å²) >= 11 is 5.30. The SMILES string of the molecule is Cc1cn2c(CNc3cccc(Br)c3C)c(C)nc2s1. The van der Waals surface area contributed by atoms with Gasteiger partial charge in [-0.25, -0.2) is 4.98 Å². The second-order valence-electron chi connectivity index (χ2n) is 4.90. The Labute approximate surface area is 130 Å². The van der Waals surface area contributed by atoms with E-state index in [9.17, 15) is 0 Å². The third-order valence-corrected chi connectivity index (χ3v) is 5.21. The molecule has 0 aliphatic heterocycles. The number of hydrogen-bond acceptors (Lipinski definition) is 3. The third kappa shape index (κ3) is 2.36. The lowest BCUT2D eigenvalue weighted by molar-refractivity contribution is 0.989. The van der Waals surface area contributed by atoms with Crippen LogP contribution in [-0.4, -0.2) is 9.38 Å². The molecular formula is C15H16BrN3S. The van der Waals surface area contributed by atoms with Gasteiger partial charge in [-0.2, -0.15) is 0 Å². The number of anilines is 1. The summed E-state index contributed by atoms with van der Waals surface area (Å²) in [6.45, 7) is 7.07. The van der Waals surface area contributed by atoms with Gasteiger partial charge < -0.3 is 5.32 Å². The van der Waals surface area contributed by atoms with E-state index in [1.54, 1.807) is 11.3 Å². The summed E-state index contributed by atoms with van der Waals surface area (Å²) in [6, 6.07) is 6.21. The van der Waals surface area contributed by atoms with E-state index in [4.69, 9.17) is 0 Å². The number of fused-ring (bicyclic) bond motifs is 1. The Balaban J connectivity index is 1.90. The van der Waals surface area contributed by atoms with Crippen LogP contribution >= 0.6 is 27.3 Å². The fraction of sp³-hybridized carbons (Fsp3) is 0.267. The second-order valence-corrected chi connectivity index (χ2v) is 6.97. The molecule has 0 unspecified atom stereocenters. The topological polar surface area (TPSA) is 29.3 Å². The standard InChI is InChI=1S/C15H16BrN3S/c1-9-8-19-14(11(3)18-15(19)20-9)7-17-13-6-4-5-12(16)10(13)2/h4-6,8,17H,7H2,1-3H3. The maximum atomic E-state index is 4.62. The van der Waals surface area contributed by atoms with Crippen molar-refractivity contribution in [1.29, 1.82) is 0 Å². The molecule has 0 saturated carbocycles. The largest absolute Gasteiger partial charge is 0.379 e. The average molecular weight is 350 g/mol. The van der Waals surface area contributed by atoms with E-state index in [2.05, 4.69) is 69.7 Å². The fourth-order valence-electron chi connectivity index (χ4n) is 2.30. The molecule has 0 atom stereocenters. The smallest absolute Gasteiger partial charge is 0.194 e. The van der Waals surface area contributed by atoms with E-state index in [0.29, 0.717) is 0 Å². The molecule has 0 fully saturated rings. The molecule has 104 valence electrons. The van der Waals surface area contributed by atoms with Crippen molar-refractivity contribution in [3.8, 4) is 0 Å². The van der Waals surface area contributed by atoms with Crippen LogP contribution in [0.25, 0.3) is 4.96 Å². The number of nitrogens with one attached hydrogen (secondary N) is 1. The lowest BCUT2D eigenvalue weighted by Gasteiger charge is -2.10. The molecule has 0 aliphatic carbocycles. The van der Waals surface area contributed by atoms with Crippen molar-refractivity contribution in [2.45, 2.75) is 27.3 Å². The first-order chi connectivity index (χ1) is 9.56. The Morgan fingerprint density at radius 2 is 2.10 bits per heavy atom. The van der Waals surface area contributed by atoms with Gasteiger partial charge in [0.05, 0.1) is 17.9 Å². The zero-order valence-electron chi connectivity index (χ0n) is 11.7. The first-order valence-corrected chi connectivity index (χ1v) is 8.10. The zero-order valence-corrected chi connectivity index (χ0v) is 14.1. The van der Waals surface area contributed by atoms with E-state index in [1.165, 1.54) is 16.1 Å². The summed E-state index contributed by atoms with van der Waals surface area (Å²) in [5.74, 6) is 0. The number of hydrogen-bond donors (Lipinski definition) is 1. The molecule has 20 heavy (non-hydrogen) atoms. The number of thiazole rings is 1. The first kappa shape index (κ1) is 13.6. The maximum Gasteiger partial charge on any atom is 0.194 e. The fourth-order valence-corrected chi connectivity index (χ4v) is 3.56. The van der Waals surface area contributed by atoms with Crippen molar-refractivity contribution in [2.24, 2.45) is 0 Å². The molecule has 2 aromatic heterocycles. The first-order valence-electron chi connectivity index (χ1n) is 6.49. The van der Waals surface area contributed by atoms with E-state index in [1.807, 2.05) is 6.07 Å². The highest BCUT2D eigenvalue weighted by molar-refractivity contribution is 9.10.